The molecule has 0 aromatic rings. The van der Waals surface area contributed by atoms with E-state index in [9.17, 15) is 14.4 Å². The topological polar surface area (TPSA) is 129 Å². The van der Waals surface area contributed by atoms with Gasteiger partial charge in [-0.2, -0.15) is 4.79 Å². The molecule has 112 valence electrons. The van der Waals surface area contributed by atoms with E-state index in [2.05, 4.69) is 10.1 Å². The standard InChI is InChI=1S/C12H19N3O5/c1-8(2)20-12(19)10(15-11(18)5-6-16)4-3-9(17)7-14-13/h7-8,10,16H,3-6H2,1-2H3,(H,15,18)/t10-/m0/s1. The van der Waals surface area contributed by atoms with Crippen LogP contribution in [0.4, 0.5) is 0 Å². The van der Waals surface area contributed by atoms with Crippen LogP contribution in [-0.4, -0.2) is 52.5 Å². The zero-order valence-corrected chi connectivity index (χ0v) is 11.5. The third kappa shape index (κ3) is 8.12. The normalized spacial score (nSPS) is 11.4. The smallest absolute Gasteiger partial charge is 0.328 e. The molecule has 0 spiro atoms. The van der Waals surface area contributed by atoms with Crippen LogP contribution in [0.15, 0.2) is 0 Å². The third-order valence-electron chi connectivity index (χ3n) is 2.19. The second-order valence-corrected chi connectivity index (χ2v) is 4.33. The molecule has 0 aromatic carbocycles. The lowest BCUT2D eigenvalue weighted by Crippen LogP contribution is -2.43. The highest BCUT2D eigenvalue weighted by Crippen LogP contribution is 2.03. The largest absolute Gasteiger partial charge is 0.461 e. The Morgan fingerprint density at radius 2 is 2.00 bits per heavy atom. The lowest BCUT2D eigenvalue weighted by Gasteiger charge is -2.18. The molecule has 0 unspecified atom stereocenters. The van der Waals surface area contributed by atoms with Crippen LogP contribution < -0.4 is 5.32 Å². The van der Waals surface area contributed by atoms with Gasteiger partial charge in [0.1, 0.15) is 6.04 Å². The van der Waals surface area contributed by atoms with Crippen molar-refractivity contribution in [1.82, 2.24) is 5.32 Å². The summed E-state index contributed by atoms with van der Waals surface area (Å²) in [5.41, 5.74) is 8.20. The Morgan fingerprint density at radius 3 is 2.50 bits per heavy atom. The number of carbonyl (C=O) groups is 3. The molecule has 0 heterocycles. The fourth-order valence-corrected chi connectivity index (χ4v) is 1.35. The molecule has 0 aliphatic heterocycles. The van der Waals surface area contributed by atoms with E-state index in [1.807, 2.05) is 0 Å². The van der Waals surface area contributed by atoms with Crippen molar-refractivity contribution in [3.8, 4) is 0 Å². The fourth-order valence-electron chi connectivity index (χ4n) is 1.35. The van der Waals surface area contributed by atoms with Crippen molar-refractivity contribution in [2.24, 2.45) is 0 Å². The molecular formula is C12H19N3O5. The predicted octanol–water partition coefficient (Wildman–Crippen LogP) is -0.545. The number of ether oxygens (including phenoxy) is 1. The number of nitrogens with one attached hydrogen (secondary N) is 1. The molecule has 0 aromatic heterocycles. The summed E-state index contributed by atoms with van der Waals surface area (Å²) in [6.45, 7) is 2.98. The zero-order chi connectivity index (χ0) is 15.5. The molecule has 8 heteroatoms. The Bertz CT molecular complexity index is 402. The summed E-state index contributed by atoms with van der Waals surface area (Å²) in [5.74, 6) is -1.65. The summed E-state index contributed by atoms with van der Waals surface area (Å²) in [7, 11) is 0. The molecule has 1 atom stereocenters. The maximum atomic E-state index is 11.8. The van der Waals surface area contributed by atoms with Crippen LogP contribution in [0.3, 0.4) is 0 Å². The highest BCUT2D eigenvalue weighted by Gasteiger charge is 2.24. The summed E-state index contributed by atoms with van der Waals surface area (Å²) in [6.07, 6.45) is 0.168. The summed E-state index contributed by atoms with van der Waals surface area (Å²) >= 11 is 0. The molecule has 1 amide bonds. The summed E-state index contributed by atoms with van der Waals surface area (Å²) in [6, 6.07) is -0.979. The Hall–Kier alpha value is -2.05. The number of Topliss-reactive ketones (excluding diaryl/α,β-unsaturated/α-hetero) is 1. The quantitative estimate of drug-likeness (QED) is 0.254. The van der Waals surface area contributed by atoms with Crippen molar-refractivity contribution in [3.05, 3.63) is 5.53 Å². The van der Waals surface area contributed by atoms with Crippen molar-refractivity contribution >= 4 is 23.9 Å². The SMILES string of the molecule is CC(C)OC(=O)[C@H](CCC(=O)C=[N+]=[N-])NC(=O)CCO. The first-order valence-corrected chi connectivity index (χ1v) is 6.21. The minimum atomic E-state index is -0.979. The molecule has 0 saturated heterocycles. The van der Waals surface area contributed by atoms with Crippen LogP contribution in [-0.2, 0) is 19.1 Å². The number of esters is 1. The number of rotatable bonds is 9. The van der Waals surface area contributed by atoms with E-state index in [1.165, 1.54) is 0 Å². The molecule has 0 aliphatic rings. The van der Waals surface area contributed by atoms with Gasteiger partial charge in [-0.15, -0.1) is 0 Å². The van der Waals surface area contributed by atoms with Gasteiger partial charge in [0, 0.05) is 12.8 Å². The van der Waals surface area contributed by atoms with Gasteiger partial charge in [0.05, 0.1) is 12.7 Å². The lowest BCUT2D eigenvalue weighted by atomic mass is 10.1. The van der Waals surface area contributed by atoms with E-state index in [-0.39, 0.29) is 32.0 Å². The molecule has 0 bridgehead atoms. The number of hydrogen-bond donors (Lipinski definition) is 2. The van der Waals surface area contributed by atoms with Crippen LogP contribution in [0.25, 0.3) is 5.53 Å². The number of hydrogen-bond acceptors (Lipinski definition) is 5. The Balaban J connectivity index is 4.60. The fraction of sp³-hybridized carbons (Fsp3) is 0.667. The molecule has 0 aliphatic carbocycles. The van der Waals surface area contributed by atoms with Crippen molar-refractivity contribution in [3.63, 3.8) is 0 Å². The van der Waals surface area contributed by atoms with Gasteiger partial charge in [0.2, 0.25) is 11.7 Å². The van der Waals surface area contributed by atoms with E-state index in [4.69, 9.17) is 15.4 Å². The first-order valence-electron chi connectivity index (χ1n) is 6.21. The van der Waals surface area contributed by atoms with E-state index in [1.54, 1.807) is 13.8 Å². The molecule has 8 nitrogen and oxygen atoms in total. The maximum Gasteiger partial charge on any atom is 0.328 e. The monoisotopic (exact) mass is 285 g/mol. The molecule has 0 fully saturated rings. The number of nitrogens with zero attached hydrogens (tertiary/aromatic N) is 2. The van der Waals surface area contributed by atoms with Crippen molar-refractivity contribution in [2.45, 2.75) is 45.3 Å². The third-order valence-corrected chi connectivity index (χ3v) is 2.19. The van der Waals surface area contributed by atoms with E-state index in [0.717, 1.165) is 6.21 Å². The number of aliphatic hydroxyl groups is 1. The van der Waals surface area contributed by atoms with Gasteiger partial charge in [0.25, 0.3) is 0 Å². The first-order chi connectivity index (χ1) is 9.40. The van der Waals surface area contributed by atoms with Gasteiger partial charge in [-0.25, -0.2) is 4.79 Å². The molecule has 2 N–H and O–H groups in total. The average molecular weight is 285 g/mol. The number of ketones is 1. The predicted molar refractivity (Wildman–Crippen MR) is 68.8 cm³/mol. The van der Waals surface area contributed by atoms with Gasteiger partial charge in [-0.05, 0) is 20.3 Å². The van der Waals surface area contributed by atoms with E-state index >= 15 is 0 Å². The van der Waals surface area contributed by atoms with Gasteiger partial charge < -0.3 is 20.7 Å². The van der Waals surface area contributed by atoms with Crippen LogP contribution >= 0.6 is 0 Å². The molecule has 0 rings (SSSR count). The van der Waals surface area contributed by atoms with Gasteiger partial charge in [-0.1, -0.05) is 0 Å². The van der Waals surface area contributed by atoms with Crippen molar-refractivity contribution < 1.29 is 29.0 Å². The average Bonchev–Trinajstić information content (AvgIpc) is 2.34. The lowest BCUT2D eigenvalue weighted by molar-refractivity contribution is -0.151. The number of aliphatic hydroxyl groups excluding tert-OH is 1. The van der Waals surface area contributed by atoms with E-state index in [0.29, 0.717) is 0 Å². The van der Waals surface area contributed by atoms with Crippen LogP contribution in [0.5, 0.6) is 0 Å². The maximum absolute atomic E-state index is 11.8. The van der Waals surface area contributed by atoms with Crippen LogP contribution in [0.1, 0.15) is 33.1 Å². The second kappa shape index (κ2) is 9.82. The van der Waals surface area contributed by atoms with E-state index < -0.39 is 23.7 Å². The van der Waals surface area contributed by atoms with Gasteiger partial charge in [-0.3, -0.25) is 9.59 Å². The molecule has 0 saturated carbocycles. The zero-order valence-electron chi connectivity index (χ0n) is 11.5. The van der Waals surface area contributed by atoms with Gasteiger partial charge >= 0.3 is 12.2 Å². The molecule has 20 heavy (non-hydrogen) atoms. The highest BCUT2D eigenvalue weighted by molar-refractivity contribution is 6.25. The van der Waals surface area contributed by atoms with Crippen molar-refractivity contribution in [1.29, 1.82) is 0 Å². The Morgan fingerprint density at radius 1 is 1.35 bits per heavy atom. The number of carbonyl (C=O) groups excluding carboxylic acids is 3. The minimum Gasteiger partial charge on any atom is -0.461 e. The summed E-state index contributed by atoms with van der Waals surface area (Å²) in [4.78, 5) is 36.9. The number of amides is 1. The Kier molecular flexibility index (Phi) is 8.82. The first kappa shape index (κ1) is 17.9. The van der Waals surface area contributed by atoms with Crippen LogP contribution in [0.2, 0.25) is 0 Å². The highest BCUT2D eigenvalue weighted by atomic mass is 16.5. The van der Waals surface area contributed by atoms with Gasteiger partial charge in [0.15, 0.2) is 0 Å². The van der Waals surface area contributed by atoms with Crippen LogP contribution in [0, 0.1) is 0 Å². The summed E-state index contributed by atoms with van der Waals surface area (Å²) < 4.78 is 4.97. The second-order valence-electron chi connectivity index (χ2n) is 4.33. The summed E-state index contributed by atoms with van der Waals surface area (Å²) in [5, 5.41) is 11.0. The molecular weight excluding hydrogens is 266 g/mol. The minimum absolute atomic E-state index is 0.0214. The molecule has 0 radical (unpaired) electrons. The Labute approximate surface area is 116 Å². The van der Waals surface area contributed by atoms with Crippen molar-refractivity contribution in [2.75, 3.05) is 6.61 Å².